The first-order chi connectivity index (χ1) is 7.72. The zero-order valence-corrected chi connectivity index (χ0v) is 10.1. The summed E-state index contributed by atoms with van der Waals surface area (Å²) >= 11 is 0. The largest absolute Gasteiger partial charge is 0.316 e. The third-order valence-electron chi connectivity index (χ3n) is 4.25. The summed E-state index contributed by atoms with van der Waals surface area (Å²) in [6, 6.07) is 7.02. The van der Waals surface area contributed by atoms with Gasteiger partial charge in [0.15, 0.2) is 0 Å². The van der Waals surface area contributed by atoms with E-state index in [2.05, 4.69) is 19.2 Å². The molecular weight excluding hydrogens is 201 g/mol. The van der Waals surface area contributed by atoms with Crippen molar-refractivity contribution in [3.05, 3.63) is 35.6 Å². The molecule has 1 aliphatic heterocycles. The molecule has 0 spiro atoms. The molecule has 0 saturated carbocycles. The van der Waals surface area contributed by atoms with Crippen molar-refractivity contribution in [1.29, 1.82) is 0 Å². The molecule has 2 heteroatoms. The Kier molecular flexibility index (Phi) is 3.29. The van der Waals surface area contributed by atoms with Crippen LogP contribution in [0, 0.1) is 11.2 Å². The lowest BCUT2D eigenvalue weighted by molar-refractivity contribution is 0.260. The van der Waals surface area contributed by atoms with Crippen molar-refractivity contribution < 1.29 is 4.39 Å². The van der Waals surface area contributed by atoms with Gasteiger partial charge in [-0.1, -0.05) is 26.0 Å². The van der Waals surface area contributed by atoms with Crippen molar-refractivity contribution in [2.75, 3.05) is 13.1 Å². The molecule has 1 aromatic carbocycles. The van der Waals surface area contributed by atoms with Gasteiger partial charge < -0.3 is 5.32 Å². The maximum Gasteiger partial charge on any atom is 0.123 e. The van der Waals surface area contributed by atoms with E-state index in [1.807, 2.05) is 12.1 Å². The molecule has 1 unspecified atom stereocenters. The van der Waals surface area contributed by atoms with Crippen LogP contribution in [0.25, 0.3) is 0 Å². The van der Waals surface area contributed by atoms with E-state index in [0.717, 1.165) is 13.1 Å². The van der Waals surface area contributed by atoms with E-state index in [9.17, 15) is 4.39 Å². The monoisotopic (exact) mass is 221 g/mol. The van der Waals surface area contributed by atoms with Gasteiger partial charge in [-0.2, -0.15) is 0 Å². The summed E-state index contributed by atoms with van der Waals surface area (Å²) < 4.78 is 12.9. The Labute approximate surface area is 97.1 Å². The first kappa shape index (κ1) is 11.6. The van der Waals surface area contributed by atoms with Gasteiger partial charge in [-0.15, -0.1) is 0 Å². The van der Waals surface area contributed by atoms with Crippen LogP contribution in [0.15, 0.2) is 24.3 Å². The molecule has 1 N–H and O–H groups in total. The molecule has 1 heterocycles. The van der Waals surface area contributed by atoms with E-state index in [4.69, 9.17) is 0 Å². The molecule has 0 aromatic heterocycles. The average Bonchev–Trinajstić information content (AvgIpc) is 2.74. The molecule has 1 aliphatic rings. The number of rotatable bonds is 3. The van der Waals surface area contributed by atoms with Crippen molar-refractivity contribution in [3.8, 4) is 0 Å². The molecule has 16 heavy (non-hydrogen) atoms. The predicted molar refractivity (Wildman–Crippen MR) is 65.0 cm³/mol. The molecule has 0 aliphatic carbocycles. The fourth-order valence-electron chi connectivity index (χ4n) is 2.96. The van der Waals surface area contributed by atoms with Crippen molar-refractivity contribution in [2.45, 2.75) is 32.6 Å². The van der Waals surface area contributed by atoms with Crippen LogP contribution in [0.3, 0.4) is 0 Å². The molecule has 1 atom stereocenters. The molecule has 1 fully saturated rings. The van der Waals surface area contributed by atoms with Crippen LogP contribution in [0.5, 0.6) is 0 Å². The average molecular weight is 221 g/mol. The summed E-state index contributed by atoms with van der Waals surface area (Å²) in [6.45, 7) is 6.62. The van der Waals surface area contributed by atoms with Gasteiger partial charge in [0, 0.05) is 19.0 Å². The minimum absolute atomic E-state index is 0.145. The van der Waals surface area contributed by atoms with E-state index in [1.54, 1.807) is 12.1 Å². The molecule has 0 amide bonds. The maximum absolute atomic E-state index is 12.9. The SMILES string of the molecule is CCC1(CC)CNCC1c1ccc(F)cc1. The molecule has 88 valence electrons. The Morgan fingerprint density at radius 2 is 1.88 bits per heavy atom. The van der Waals surface area contributed by atoms with Crippen LogP contribution in [-0.2, 0) is 0 Å². The summed E-state index contributed by atoms with van der Waals surface area (Å²) in [7, 11) is 0. The summed E-state index contributed by atoms with van der Waals surface area (Å²) in [5.74, 6) is 0.386. The molecule has 0 radical (unpaired) electrons. The van der Waals surface area contributed by atoms with Crippen molar-refractivity contribution >= 4 is 0 Å². The van der Waals surface area contributed by atoms with E-state index in [0.29, 0.717) is 11.3 Å². The summed E-state index contributed by atoms with van der Waals surface area (Å²) in [5, 5.41) is 3.48. The Bertz CT molecular complexity index is 340. The van der Waals surface area contributed by atoms with Crippen LogP contribution in [0.2, 0.25) is 0 Å². The van der Waals surface area contributed by atoms with Crippen molar-refractivity contribution in [2.24, 2.45) is 5.41 Å². The second-order valence-corrected chi connectivity index (χ2v) is 4.80. The highest BCUT2D eigenvalue weighted by atomic mass is 19.1. The second kappa shape index (κ2) is 4.54. The first-order valence-corrected chi connectivity index (χ1v) is 6.18. The molecule has 1 saturated heterocycles. The van der Waals surface area contributed by atoms with E-state index in [1.165, 1.54) is 18.4 Å². The molecular formula is C14H20FN. The standard InChI is InChI=1S/C14H20FN/c1-3-14(4-2)10-16-9-13(14)11-5-7-12(15)8-6-11/h5-8,13,16H,3-4,9-10H2,1-2H3. The second-order valence-electron chi connectivity index (χ2n) is 4.80. The number of benzene rings is 1. The van der Waals surface area contributed by atoms with Gasteiger partial charge in [-0.05, 0) is 36.0 Å². The topological polar surface area (TPSA) is 12.0 Å². The van der Waals surface area contributed by atoms with Gasteiger partial charge in [0.1, 0.15) is 5.82 Å². The zero-order valence-electron chi connectivity index (χ0n) is 10.1. The normalized spacial score (nSPS) is 23.6. The fourth-order valence-corrected chi connectivity index (χ4v) is 2.96. The van der Waals surface area contributed by atoms with Crippen molar-refractivity contribution in [3.63, 3.8) is 0 Å². The number of nitrogens with one attached hydrogen (secondary N) is 1. The van der Waals surface area contributed by atoms with Gasteiger partial charge in [0.2, 0.25) is 0 Å². The maximum atomic E-state index is 12.9. The summed E-state index contributed by atoms with van der Waals surface area (Å²) in [6.07, 6.45) is 2.36. The molecule has 1 nitrogen and oxygen atoms in total. The minimum atomic E-state index is -0.145. The minimum Gasteiger partial charge on any atom is -0.316 e. The van der Waals surface area contributed by atoms with Gasteiger partial charge in [0.25, 0.3) is 0 Å². The zero-order chi connectivity index (χ0) is 11.6. The van der Waals surface area contributed by atoms with Crippen molar-refractivity contribution in [1.82, 2.24) is 5.32 Å². The Morgan fingerprint density at radius 3 is 2.44 bits per heavy atom. The van der Waals surface area contributed by atoms with Crippen LogP contribution in [0.1, 0.15) is 38.2 Å². The highest BCUT2D eigenvalue weighted by Crippen LogP contribution is 2.44. The Morgan fingerprint density at radius 1 is 1.25 bits per heavy atom. The third kappa shape index (κ3) is 1.86. The number of halogens is 1. The molecule has 1 aromatic rings. The fraction of sp³-hybridized carbons (Fsp3) is 0.571. The molecule has 2 rings (SSSR count). The van der Waals surface area contributed by atoms with Crippen LogP contribution >= 0.6 is 0 Å². The lowest BCUT2D eigenvalue weighted by atomic mass is 9.71. The first-order valence-electron chi connectivity index (χ1n) is 6.18. The highest BCUT2D eigenvalue weighted by molar-refractivity contribution is 5.25. The smallest absolute Gasteiger partial charge is 0.123 e. The van der Waals surface area contributed by atoms with Crippen LogP contribution in [0.4, 0.5) is 4.39 Å². The third-order valence-corrected chi connectivity index (χ3v) is 4.25. The summed E-state index contributed by atoms with van der Waals surface area (Å²) in [4.78, 5) is 0. The van der Waals surface area contributed by atoms with Gasteiger partial charge in [0.05, 0.1) is 0 Å². The quantitative estimate of drug-likeness (QED) is 0.825. The van der Waals surface area contributed by atoms with Gasteiger partial charge in [-0.25, -0.2) is 4.39 Å². The lowest BCUT2D eigenvalue weighted by Crippen LogP contribution is -2.27. The Balaban J connectivity index is 2.29. The predicted octanol–water partition coefficient (Wildman–Crippen LogP) is 3.32. The van der Waals surface area contributed by atoms with Gasteiger partial charge >= 0.3 is 0 Å². The van der Waals surface area contributed by atoms with E-state index < -0.39 is 0 Å². The highest BCUT2D eigenvalue weighted by Gasteiger charge is 2.40. The van der Waals surface area contributed by atoms with Crippen LogP contribution < -0.4 is 5.32 Å². The lowest BCUT2D eigenvalue weighted by Gasteiger charge is -2.33. The van der Waals surface area contributed by atoms with Crippen LogP contribution in [-0.4, -0.2) is 13.1 Å². The Hall–Kier alpha value is -0.890. The number of hydrogen-bond acceptors (Lipinski definition) is 1. The molecule has 0 bridgehead atoms. The number of hydrogen-bond donors (Lipinski definition) is 1. The van der Waals surface area contributed by atoms with Gasteiger partial charge in [-0.3, -0.25) is 0 Å². The summed E-state index contributed by atoms with van der Waals surface area (Å²) in [5.41, 5.74) is 1.63. The van der Waals surface area contributed by atoms with E-state index >= 15 is 0 Å². The van der Waals surface area contributed by atoms with E-state index in [-0.39, 0.29) is 5.82 Å².